The van der Waals surface area contributed by atoms with Crippen molar-refractivity contribution in [2.45, 2.75) is 44.9 Å². The Morgan fingerprint density at radius 3 is 2.04 bits per heavy atom. The lowest BCUT2D eigenvalue weighted by molar-refractivity contribution is -0.129. The highest BCUT2D eigenvalue weighted by Gasteiger charge is 2.51. The van der Waals surface area contributed by atoms with Gasteiger partial charge in [-0.15, -0.1) is 0 Å². The minimum atomic E-state index is -0.104. The maximum Gasteiger partial charge on any atom is 0.251 e. The Morgan fingerprint density at radius 1 is 0.923 bits per heavy atom. The van der Waals surface area contributed by atoms with Crippen LogP contribution in [0.3, 0.4) is 0 Å². The van der Waals surface area contributed by atoms with E-state index in [1.807, 2.05) is 12.1 Å². The zero-order valence-electron chi connectivity index (χ0n) is 15.1. The summed E-state index contributed by atoms with van der Waals surface area (Å²) in [6.07, 6.45) is 8.66. The molecule has 140 valence electrons. The molecule has 4 saturated carbocycles. The topological polar surface area (TPSA) is 58.2 Å². The highest BCUT2D eigenvalue weighted by atomic mass is 79.9. The molecular weight excluding hydrogens is 392 g/mol. The Morgan fingerprint density at radius 2 is 1.46 bits per heavy atom. The standard InChI is InChI=1S/C21H27BrN2O2/c22-18-3-1-17(2-4-18)20(26)24-6-5-23-19(25)13-21-10-14-7-15(11-21)9-16(8-14)12-21/h1-4,14-16H,5-13H2,(H,23,25)(H,24,26). The molecule has 0 saturated heterocycles. The fraction of sp³-hybridized carbons (Fsp3) is 0.619. The van der Waals surface area contributed by atoms with Crippen LogP contribution in [0.2, 0.25) is 0 Å². The lowest BCUT2D eigenvalue weighted by atomic mass is 9.49. The molecule has 0 radical (unpaired) electrons. The maximum atomic E-state index is 12.5. The predicted octanol–water partition coefficient (Wildman–Crippen LogP) is 3.90. The summed E-state index contributed by atoms with van der Waals surface area (Å²) in [5.74, 6) is 2.68. The van der Waals surface area contributed by atoms with Gasteiger partial charge in [0.2, 0.25) is 5.91 Å². The number of hydrogen-bond acceptors (Lipinski definition) is 2. The van der Waals surface area contributed by atoms with Gasteiger partial charge in [-0.2, -0.15) is 0 Å². The third-order valence-corrected chi connectivity index (χ3v) is 7.07. The first-order chi connectivity index (χ1) is 12.5. The normalized spacial score (nSPS) is 31.7. The molecule has 0 atom stereocenters. The van der Waals surface area contributed by atoms with Crippen LogP contribution in [0.15, 0.2) is 28.7 Å². The summed E-state index contributed by atoms with van der Waals surface area (Å²) in [6.45, 7) is 0.953. The summed E-state index contributed by atoms with van der Waals surface area (Å²) in [7, 11) is 0. The van der Waals surface area contributed by atoms with Crippen LogP contribution in [-0.2, 0) is 4.79 Å². The van der Waals surface area contributed by atoms with Crippen molar-refractivity contribution < 1.29 is 9.59 Å². The summed E-state index contributed by atoms with van der Waals surface area (Å²) >= 11 is 3.36. The van der Waals surface area contributed by atoms with Crippen LogP contribution in [0.4, 0.5) is 0 Å². The lowest BCUT2D eigenvalue weighted by Crippen LogP contribution is -2.48. The molecule has 4 bridgehead atoms. The van der Waals surface area contributed by atoms with Crippen molar-refractivity contribution in [1.82, 2.24) is 10.6 Å². The number of amides is 2. The van der Waals surface area contributed by atoms with Crippen molar-refractivity contribution in [3.8, 4) is 0 Å². The Balaban J connectivity index is 1.20. The van der Waals surface area contributed by atoms with E-state index in [1.165, 1.54) is 38.5 Å². The number of nitrogens with one attached hydrogen (secondary N) is 2. The van der Waals surface area contributed by atoms with Gasteiger partial charge in [0, 0.05) is 29.5 Å². The molecular formula is C21H27BrN2O2. The molecule has 0 heterocycles. The molecule has 5 rings (SSSR count). The van der Waals surface area contributed by atoms with Crippen LogP contribution in [0.5, 0.6) is 0 Å². The first-order valence-electron chi connectivity index (χ1n) is 9.82. The summed E-state index contributed by atoms with van der Waals surface area (Å²) < 4.78 is 0.950. The van der Waals surface area contributed by atoms with Gasteiger partial charge in [0.25, 0.3) is 5.91 Å². The molecule has 4 fully saturated rings. The van der Waals surface area contributed by atoms with Crippen LogP contribution in [0.1, 0.15) is 55.3 Å². The third kappa shape index (κ3) is 3.98. The van der Waals surface area contributed by atoms with E-state index in [1.54, 1.807) is 12.1 Å². The Kier molecular flexibility index (Phi) is 5.09. The van der Waals surface area contributed by atoms with Crippen molar-refractivity contribution in [2.75, 3.05) is 13.1 Å². The molecule has 4 aliphatic carbocycles. The van der Waals surface area contributed by atoms with Crippen LogP contribution in [-0.4, -0.2) is 24.9 Å². The average molecular weight is 419 g/mol. The predicted molar refractivity (Wildman–Crippen MR) is 105 cm³/mol. The Bertz CT molecular complexity index is 650. The van der Waals surface area contributed by atoms with Crippen molar-refractivity contribution in [3.63, 3.8) is 0 Å². The molecule has 2 N–H and O–H groups in total. The number of benzene rings is 1. The van der Waals surface area contributed by atoms with E-state index < -0.39 is 0 Å². The number of carbonyl (C=O) groups is 2. The highest BCUT2D eigenvalue weighted by molar-refractivity contribution is 9.10. The van der Waals surface area contributed by atoms with E-state index in [0.717, 1.165) is 22.2 Å². The molecule has 5 heteroatoms. The zero-order valence-corrected chi connectivity index (χ0v) is 16.7. The van der Waals surface area contributed by atoms with Crippen LogP contribution in [0, 0.1) is 23.2 Å². The van der Waals surface area contributed by atoms with Gasteiger partial charge < -0.3 is 10.6 Å². The zero-order chi connectivity index (χ0) is 18.1. The quantitative estimate of drug-likeness (QED) is 0.688. The SMILES string of the molecule is O=C(CC12CC3CC(CC(C3)C1)C2)NCCNC(=O)c1ccc(Br)cc1. The minimum Gasteiger partial charge on any atom is -0.354 e. The first kappa shape index (κ1) is 18.0. The van der Waals surface area contributed by atoms with Crippen molar-refractivity contribution in [1.29, 1.82) is 0 Å². The van der Waals surface area contributed by atoms with Gasteiger partial charge in [-0.3, -0.25) is 9.59 Å². The number of hydrogen-bond donors (Lipinski definition) is 2. The van der Waals surface area contributed by atoms with E-state index in [-0.39, 0.29) is 17.2 Å². The van der Waals surface area contributed by atoms with Gasteiger partial charge in [-0.05, 0) is 86.0 Å². The molecule has 0 spiro atoms. The Labute approximate surface area is 163 Å². The maximum absolute atomic E-state index is 12.5. The molecule has 0 unspecified atom stereocenters. The summed E-state index contributed by atoms with van der Waals surface area (Å²) in [5.41, 5.74) is 0.910. The van der Waals surface area contributed by atoms with Crippen molar-refractivity contribution >= 4 is 27.7 Å². The summed E-state index contributed by atoms with van der Waals surface area (Å²) in [4.78, 5) is 24.5. The minimum absolute atomic E-state index is 0.104. The van der Waals surface area contributed by atoms with E-state index in [0.29, 0.717) is 25.1 Å². The van der Waals surface area contributed by atoms with Crippen molar-refractivity contribution in [3.05, 3.63) is 34.3 Å². The van der Waals surface area contributed by atoms with E-state index in [9.17, 15) is 9.59 Å². The van der Waals surface area contributed by atoms with Gasteiger partial charge in [-0.25, -0.2) is 0 Å². The van der Waals surface area contributed by atoms with Gasteiger partial charge >= 0.3 is 0 Å². The fourth-order valence-electron chi connectivity index (χ4n) is 5.99. The Hall–Kier alpha value is -1.36. The molecule has 1 aromatic carbocycles. The van der Waals surface area contributed by atoms with Crippen LogP contribution >= 0.6 is 15.9 Å². The molecule has 0 aliphatic heterocycles. The number of carbonyl (C=O) groups excluding carboxylic acids is 2. The third-order valence-electron chi connectivity index (χ3n) is 6.54. The van der Waals surface area contributed by atoms with Crippen LogP contribution < -0.4 is 10.6 Å². The first-order valence-corrected chi connectivity index (χ1v) is 10.6. The van der Waals surface area contributed by atoms with Crippen LogP contribution in [0.25, 0.3) is 0 Å². The monoisotopic (exact) mass is 418 g/mol. The van der Waals surface area contributed by atoms with Gasteiger partial charge in [0.15, 0.2) is 0 Å². The van der Waals surface area contributed by atoms with E-state index >= 15 is 0 Å². The second-order valence-electron chi connectivity index (χ2n) is 8.71. The van der Waals surface area contributed by atoms with Gasteiger partial charge in [0.05, 0.1) is 0 Å². The molecule has 2 amide bonds. The lowest BCUT2D eigenvalue weighted by Gasteiger charge is -2.56. The highest BCUT2D eigenvalue weighted by Crippen LogP contribution is 2.61. The second-order valence-corrected chi connectivity index (χ2v) is 9.62. The number of rotatable bonds is 6. The average Bonchev–Trinajstić information content (AvgIpc) is 2.57. The van der Waals surface area contributed by atoms with Crippen molar-refractivity contribution in [2.24, 2.45) is 23.2 Å². The molecule has 0 aromatic heterocycles. The fourth-order valence-corrected chi connectivity index (χ4v) is 6.26. The largest absolute Gasteiger partial charge is 0.354 e. The molecule has 4 nitrogen and oxygen atoms in total. The number of halogens is 1. The smallest absolute Gasteiger partial charge is 0.251 e. The molecule has 26 heavy (non-hydrogen) atoms. The van der Waals surface area contributed by atoms with E-state index in [2.05, 4.69) is 26.6 Å². The van der Waals surface area contributed by atoms with E-state index in [4.69, 9.17) is 0 Å². The molecule has 1 aromatic rings. The summed E-state index contributed by atoms with van der Waals surface area (Å²) in [6, 6.07) is 7.26. The van der Waals surface area contributed by atoms with Gasteiger partial charge in [-0.1, -0.05) is 15.9 Å². The molecule has 4 aliphatic rings. The summed E-state index contributed by atoms with van der Waals surface area (Å²) in [5, 5.41) is 5.88. The van der Waals surface area contributed by atoms with Gasteiger partial charge in [0.1, 0.15) is 0 Å². The second kappa shape index (κ2) is 7.34.